The molecule has 0 radical (unpaired) electrons. The Labute approximate surface area is 400 Å². The molecule has 0 amide bonds. The molecule has 0 atom stereocenters. The Kier molecular flexibility index (Phi) is 10.2. The molecule has 0 bridgehead atoms. The van der Waals surface area contributed by atoms with Crippen molar-refractivity contribution >= 4 is 49.3 Å². The lowest BCUT2D eigenvalue weighted by atomic mass is 9.92. The molecule has 3 nitrogen and oxygen atoms in total. The van der Waals surface area contributed by atoms with Gasteiger partial charge in [-0.05, 0) is 182 Å². The van der Waals surface area contributed by atoms with E-state index in [4.69, 9.17) is 6.57 Å². The van der Waals surface area contributed by atoms with Crippen molar-refractivity contribution in [3.63, 3.8) is 0 Å². The summed E-state index contributed by atoms with van der Waals surface area (Å²) in [5.41, 5.74) is 20.1. The van der Waals surface area contributed by atoms with Gasteiger partial charge in [-0.2, -0.15) is 13.2 Å². The number of nitrogens with zero attached hydrogens (tertiary/aromatic N) is 3. The Hall–Kier alpha value is -8.14. The van der Waals surface area contributed by atoms with Crippen molar-refractivity contribution in [2.45, 2.75) is 54.6 Å². The molecule has 2 heterocycles. The summed E-state index contributed by atoms with van der Waals surface area (Å²) < 4.78 is 47.9. The second-order valence-corrected chi connectivity index (χ2v) is 18.8. The van der Waals surface area contributed by atoms with Crippen LogP contribution in [0.5, 0.6) is 0 Å². The third kappa shape index (κ3) is 7.20. The van der Waals surface area contributed by atoms with Gasteiger partial charge < -0.3 is 9.13 Å². The van der Waals surface area contributed by atoms with Crippen LogP contribution in [-0.2, 0) is 6.18 Å². The Bertz CT molecular complexity index is 3940. The lowest BCUT2D eigenvalue weighted by molar-refractivity contribution is -0.137. The first-order valence-corrected chi connectivity index (χ1v) is 23.3. The predicted molar refractivity (Wildman–Crippen MR) is 281 cm³/mol. The molecular weight excluding hydrogens is 856 g/mol. The van der Waals surface area contributed by atoms with E-state index >= 15 is 0 Å². The van der Waals surface area contributed by atoms with E-state index in [-0.39, 0.29) is 0 Å². The summed E-state index contributed by atoms with van der Waals surface area (Å²) in [6.45, 7) is 23.4. The zero-order chi connectivity index (χ0) is 48.0. The van der Waals surface area contributed by atoms with Crippen molar-refractivity contribution in [1.29, 1.82) is 0 Å². The summed E-state index contributed by atoms with van der Waals surface area (Å²) in [7, 11) is 0. The highest BCUT2D eigenvalue weighted by Gasteiger charge is 2.31. The van der Waals surface area contributed by atoms with Gasteiger partial charge >= 0.3 is 6.18 Å². The first kappa shape index (κ1) is 43.4. The normalized spacial score (nSPS) is 11.9. The first-order valence-electron chi connectivity index (χ1n) is 23.3. The molecular formula is C63H48F3N3. The highest BCUT2D eigenvalue weighted by atomic mass is 19.4. The summed E-state index contributed by atoms with van der Waals surface area (Å²) in [6.07, 6.45) is -4.53. The standard InChI is InChI=1S/C63H48F3N3/c1-36-26-39(4)60(40(5)27-36)44-21-24-56-50(34-44)48-14-9-11-17-54(48)68(56)58-23-20-43(46-30-38(3)31-47(32-46)63(64,65)66)33-52(58)62-53(67-8)16-13-19-59(62)69-55-18-12-10-15-49(55)51-35-45(22-25-57(51)69)61-41(6)28-37(2)29-42(61)7/h9-35H,1-7H3. The smallest absolute Gasteiger partial charge is 0.310 e. The van der Waals surface area contributed by atoms with Crippen molar-refractivity contribution < 1.29 is 13.2 Å². The minimum atomic E-state index is -4.53. The number of rotatable bonds is 6. The van der Waals surface area contributed by atoms with E-state index in [0.29, 0.717) is 27.9 Å². The van der Waals surface area contributed by atoms with Crippen LogP contribution in [0.3, 0.4) is 0 Å². The highest BCUT2D eigenvalue weighted by molar-refractivity contribution is 6.13. The molecule has 11 aromatic rings. The number of fused-ring (bicyclic) bond motifs is 6. The van der Waals surface area contributed by atoms with Gasteiger partial charge in [0.25, 0.3) is 0 Å². The Morgan fingerprint density at radius 3 is 1.39 bits per heavy atom. The van der Waals surface area contributed by atoms with E-state index < -0.39 is 11.7 Å². The van der Waals surface area contributed by atoms with E-state index in [1.165, 1.54) is 56.6 Å². The highest BCUT2D eigenvalue weighted by Crippen LogP contribution is 2.47. The lowest BCUT2D eigenvalue weighted by Crippen LogP contribution is -2.05. The molecule has 0 aliphatic heterocycles. The van der Waals surface area contributed by atoms with Gasteiger partial charge in [0.1, 0.15) is 0 Å². The molecule has 0 unspecified atom stereocenters. The Balaban J connectivity index is 1.23. The maximum atomic E-state index is 14.5. The molecule has 0 aliphatic rings. The quantitative estimate of drug-likeness (QED) is 0.148. The number of benzene rings is 9. The molecule has 2 aromatic heterocycles. The van der Waals surface area contributed by atoms with Crippen molar-refractivity contribution in [2.75, 3.05) is 0 Å². The lowest BCUT2D eigenvalue weighted by Gasteiger charge is -2.21. The SMILES string of the molecule is [C-]#[N+]c1cccc(-n2c3ccccc3c3cc(-c4c(C)cc(C)cc4C)ccc32)c1-c1cc(-c2cc(C)cc(C(F)(F)F)c2)ccc1-n1c2ccccc2c2cc(-c3c(C)cc(C)cc3C)ccc21. The first-order chi connectivity index (χ1) is 33.2. The van der Waals surface area contributed by atoms with Crippen molar-refractivity contribution in [2.24, 2.45) is 0 Å². The van der Waals surface area contributed by atoms with E-state index in [2.05, 4.69) is 159 Å². The van der Waals surface area contributed by atoms with Gasteiger partial charge in [0.2, 0.25) is 0 Å². The number of para-hydroxylation sites is 2. The van der Waals surface area contributed by atoms with Gasteiger partial charge in [0.05, 0.1) is 39.9 Å². The van der Waals surface area contributed by atoms with Crippen molar-refractivity contribution in [1.82, 2.24) is 9.13 Å². The van der Waals surface area contributed by atoms with Crippen LogP contribution >= 0.6 is 0 Å². The summed E-state index contributed by atoms with van der Waals surface area (Å²) >= 11 is 0. The number of halogens is 3. The topological polar surface area (TPSA) is 14.2 Å². The van der Waals surface area contributed by atoms with Gasteiger partial charge in [-0.15, -0.1) is 0 Å². The van der Waals surface area contributed by atoms with Gasteiger partial charge in [-0.3, -0.25) is 0 Å². The minimum Gasteiger partial charge on any atom is -0.310 e. The number of aryl methyl sites for hydroxylation is 7. The monoisotopic (exact) mass is 903 g/mol. The maximum Gasteiger partial charge on any atom is 0.416 e. The van der Waals surface area contributed by atoms with E-state index in [1.54, 1.807) is 13.0 Å². The molecule has 0 saturated carbocycles. The van der Waals surface area contributed by atoms with Crippen LogP contribution in [0.25, 0.3) is 104 Å². The van der Waals surface area contributed by atoms with Crippen LogP contribution in [0.2, 0.25) is 0 Å². The molecule has 0 spiro atoms. The van der Waals surface area contributed by atoms with E-state index in [1.807, 2.05) is 42.5 Å². The predicted octanol–water partition coefficient (Wildman–Crippen LogP) is 18.3. The Morgan fingerprint density at radius 1 is 0.391 bits per heavy atom. The molecule has 0 N–H and O–H groups in total. The average Bonchev–Trinajstić information content (AvgIpc) is 3.82. The molecule has 0 saturated heterocycles. The minimum absolute atomic E-state index is 0.424. The summed E-state index contributed by atoms with van der Waals surface area (Å²) in [5, 5.41) is 4.28. The molecule has 11 rings (SSSR count). The molecule has 69 heavy (non-hydrogen) atoms. The third-order valence-electron chi connectivity index (χ3n) is 13.9. The van der Waals surface area contributed by atoms with Crippen molar-refractivity contribution in [3.8, 4) is 55.9 Å². The zero-order valence-electron chi connectivity index (χ0n) is 39.6. The summed E-state index contributed by atoms with van der Waals surface area (Å²) in [6, 6.07) is 54.9. The second-order valence-electron chi connectivity index (χ2n) is 18.8. The van der Waals surface area contributed by atoms with Crippen LogP contribution in [0, 0.1) is 55.0 Å². The summed E-state index contributed by atoms with van der Waals surface area (Å²) in [4.78, 5) is 4.21. The number of aromatic nitrogens is 2. The van der Waals surface area contributed by atoms with Crippen LogP contribution in [0.15, 0.2) is 164 Å². The zero-order valence-corrected chi connectivity index (χ0v) is 39.6. The van der Waals surface area contributed by atoms with E-state index in [9.17, 15) is 13.2 Å². The molecule has 336 valence electrons. The van der Waals surface area contributed by atoms with Gasteiger partial charge in [-0.25, -0.2) is 4.85 Å². The van der Waals surface area contributed by atoms with Gasteiger partial charge in [-0.1, -0.05) is 108 Å². The maximum absolute atomic E-state index is 14.5. The van der Waals surface area contributed by atoms with E-state index in [0.717, 1.165) is 71.7 Å². The average molecular weight is 904 g/mol. The van der Waals surface area contributed by atoms with Crippen LogP contribution in [0.1, 0.15) is 44.5 Å². The van der Waals surface area contributed by atoms with Gasteiger partial charge in [0, 0.05) is 32.8 Å². The molecule has 0 fully saturated rings. The van der Waals surface area contributed by atoms with Crippen molar-refractivity contribution in [3.05, 3.63) is 220 Å². The number of hydrogen-bond acceptors (Lipinski definition) is 0. The summed E-state index contributed by atoms with van der Waals surface area (Å²) in [5.74, 6) is 0. The van der Waals surface area contributed by atoms with Crippen LogP contribution in [-0.4, -0.2) is 9.13 Å². The fraction of sp³-hybridized carbons (Fsp3) is 0.127. The number of hydrogen-bond donors (Lipinski definition) is 0. The van der Waals surface area contributed by atoms with Crippen LogP contribution < -0.4 is 0 Å². The molecule has 9 aromatic carbocycles. The largest absolute Gasteiger partial charge is 0.416 e. The fourth-order valence-corrected chi connectivity index (χ4v) is 11.4. The molecule has 0 aliphatic carbocycles. The fourth-order valence-electron chi connectivity index (χ4n) is 11.4. The van der Waals surface area contributed by atoms with Crippen LogP contribution in [0.4, 0.5) is 18.9 Å². The Morgan fingerprint density at radius 2 is 0.870 bits per heavy atom. The third-order valence-corrected chi connectivity index (χ3v) is 13.9. The van der Waals surface area contributed by atoms with Gasteiger partial charge in [0.15, 0.2) is 5.69 Å². The molecule has 6 heteroatoms. The second kappa shape index (κ2) is 16.3. The number of alkyl halides is 3.